The molecule has 5 rings (SSSR count). The van der Waals surface area contributed by atoms with E-state index in [0.717, 1.165) is 37.8 Å². The Morgan fingerprint density at radius 1 is 1.00 bits per heavy atom. The fourth-order valence-corrected chi connectivity index (χ4v) is 5.14. The van der Waals surface area contributed by atoms with Crippen LogP contribution in [0.25, 0.3) is 0 Å². The van der Waals surface area contributed by atoms with Crippen molar-refractivity contribution in [1.29, 1.82) is 0 Å². The normalized spacial score (nSPS) is 36.4. The van der Waals surface area contributed by atoms with E-state index in [0.29, 0.717) is 24.4 Å². The van der Waals surface area contributed by atoms with Crippen molar-refractivity contribution in [2.75, 3.05) is 32.9 Å². The van der Waals surface area contributed by atoms with Crippen LogP contribution in [0.4, 0.5) is 13.2 Å². The number of fused-ring (bicyclic) bond motifs is 2. The Labute approximate surface area is 135 Å². The zero-order chi connectivity index (χ0) is 16.0. The second-order valence-corrected chi connectivity index (χ2v) is 7.20. The highest BCUT2D eigenvalue weighted by Gasteiger charge is 2.53. The molecule has 4 heterocycles. The van der Waals surface area contributed by atoms with Crippen LogP contribution in [0.2, 0.25) is 0 Å². The van der Waals surface area contributed by atoms with Crippen LogP contribution < -0.4 is 0 Å². The lowest BCUT2D eigenvalue weighted by molar-refractivity contribution is -0.00705. The average molecular weight is 324 g/mol. The molecule has 0 spiro atoms. The molecule has 4 aliphatic heterocycles. The van der Waals surface area contributed by atoms with Crippen molar-refractivity contribution in [1.82, 2.24) is 9.80 Å². The number of halogens is 3. The molecule has 0 unspecified atom stereocenters. The SMILES string of the molecule is FCCCN1C[C@H](c2cc(F)cc(F)c2)[C@H]2[C@@H]1C1CCN2CC1. The van der Waals surface area contributed by atoms with Gasteiger partial charge in [0.1, 0.15) is 11.6 Å². The summed E-state index contributed by atoms with van der Waals surface area (Å²) in [6.07, 6.45) is 2.93. The molecule has 4 saturated heterocycles. The lowest BCUT2D eigenvalue weighted by atomic mass is 9.75. The van der Waals surface area contributed by atoms with Crippen LogP contribution in [0.5, 0.6) is 0 Å². The van der Waals surface area contributed by atoms with E-state index in [1.54, 1.807) is 0 Å². The highest BCUT2D eigenvalue weighted by molar-refractivity contribution is 5.28. The minimum atomic E-state index is -0.505. The third-order valence-electron chi connectivity index (χ3n) is 5.99. The molecule has 0 aliphatic carbocycles. The fourth-order valence-electron chi connectivity index (χ4n) is 5.14. The van der Waals surface area contributed by atoms with Gasteiger partial charge >= 0.3 is 0 Å². The topological polar surface area (TPSA) is 6.48 Å². The molecule has 2 nitrogen and oxygen atoms in total. The van der Waals surface area contributed by atoms with Gasteiger partial charge < -0.3 is 0 Å². The number of piperidine rings is 3. The van der Waals surface area contributed by atoms with Gasteiger partial charge in [-0.15, -0.1) is 0 Å². The average Bonchev–Trinajstić information content (AvgIpc) is 2.95. The van der Waals surface area contributed by atoms with Gasteiger partial charge in [-0.3, -0.25) is 14.2 Å². The van der Waals surface area contributed by atoms with Crippen molar-refractivity contribution in [3.05, 3.63) is 35.4 Å². The second-order valence-electron chi connectivity index (χ2n) is 7.20. The molecule has 1 aromatic carbocycles. The number of benzene rings is 1. The van der Waals surface area contributed by atoms with Crippen LogP contribution in [0.15, 0.2) is 18.2 Å². The number of likely N-dealkylation sites (tertiary alicyclic amines) is 1. The first-order chi connectivity index (χ1) is 11.2. The predicted molar refractivity (Wildman–Crippen MR) is 83.1 cm³/mol. The first-order valence-electron chi connectivity index (χ1n) is 8.67. The summed E-state index contributed by atoms with van der Waals surface area (Å²) >= 11 is 0. The summed E-state index contributed by atoms with van der Waals surface area (Å²) in [5, 5.41) is 0. The van der Waals surface area contributed by atoms with Gasteiger partial charge in [0.25, 0.3) is 0 Å². The van der Waals surface area contributed by atoms with Gasteiger partial charge in [0, 0.05) is 37.2 Å². The van der Waals surface area contributed by atoms with Crippen molar-refractivity contribution >= 4 is 0 Å². The maximum Gasteiger partial charge on any atom is 0.126 e. The Balaban J connectivity index is 1.66. The Morgan fingerprint density at radius 2 is 1.70 bits per heavy atom. The van der Waals surface area contributed by atoms with Crippen LogP contribution in [-0.2, 0) is 0 Å². The maximum absolute atomic E-state index is 13.7. The molecule has 5 heteroatoms. The molecule has 3 atom stereocenters. The van der Waals surface area contributed by atoms with E-state index >= 15 is 0 Å². The Hall–Kier alpha value is -1.07. The summed E-state index contributed by atoms with van der Waals surface area (Å²) in [5.74, 6) is -0.245. The largest absolute Gasteiger partial charge is 0.298 e. The summed E-state index contributed by atoms with van der Waals surface area (Å²) in [7, 11) is 0. The minimum Gasteiger partial charge on any atom is -0.298 e. The number of nitrogens with zero attached hydrogens (tertiary/aromatic N) is 2. The molecule has 0 aromatic heterocycles. The standard InChI is InChI=1S/C18H23F3N2/c19-4-1-5-23-11-16(13-8-14(20)10-15(21)9-13)18-17(23)12-2-6-22(18)7-3-12/h8-10,12,16-18H,1-7,11H2/t16-,17+,18+/m1/s1. The van der Waals surface area contributed by atoms with Crippen molar-refractivity contribution in [3.8, 4) is 0 Å². The van der Waals surface area contributed by atoms with Gasteiger partial charge in [0.05, 0.1) is 6.67 Å². The van der Waals surface area contributed by atoms with Gasteiger partial charge in [-0.25, -0.2) is 8.78 Å². The lowest BCUT2D eigenvalue weighted by Gasteiger charge is -2.51. The van der Waals surface area contributed by atoms with E-state index in [1.807, 2.05) is 0 Å². The van der Waals surface area contributed by atoms with Gasteiger partial charge in [0.2, 0.25) is 0 Å². The summed E-state index contributed by atoms with van der Waals surface area (Å²) in [6.45, 7) is 3.39. The van der Waals surface area contributed by atoms with Gasteiger partial charge in [0.15, 0.2) is 0 Å². The van der Waals surface area contributed by atoms with Crippen LogP contribution in [-0.4, -0.2) is 54.7 Å². The molecule has 0 N–H and O–H groups in total. The van der Waals surface area contributed by atoms with E-state index in [-0.39, 0.29) is 12.6 Å². The van der Waals surface area contributed by atoms with Crippen LogP contribution in [0.3, 0.4) is 0 Å². The quantitative estimate of drug-likeness (QED) is 0.839. The molecule has 4 aliphatic rings. The lowest BCUT2D eigenvalue weighted by Crippen LogP contribution is -2.60. The zero-order valence-corrected chi connectivity index (χ0v) is 13.2. The number of hydrogen-bond donors (Lipinski definition) is 0. The maximum atomic E-state index is 13.7. The van der Waals surface area contributed by atoms with Gasteiger partial charge in [-0.1, -0.05) is 0 Å². The number of alkyl halides is 1. The first kappa shape index (κ1) is 15.5. The molecule has 2 bridgehead atoms. The van der Waals surface area contributed by atoms with Crippen LogP contribution >= 0.6 is 0 Å². The van der Waals surface area contributed by atoms with E-state index in [4.69, 9.17) is 0 Å². The molecule has 126 valence electrons. The Morgan fingerprint density at radius 3 is 2.35 bits per heavy atom. The molecule has 23 heavy (non-hydrogen) atoms. The van der Waals surface area contributed by atoms with Crippen molar-refractivity contribution in [2.45, 2.75) is 37.3 Å². The number of hydrogen-bond acceptors (Lipinski definition) is 2. The minimum absolute atomic E-state index is 0.118. The smallest absolute Gasteiger partial charge is 0.126 e. The van der Waals surface area contributed by atoms with Crippen LogP contribution in [0.1, 0.15) is 30.7 Å². The summed E-state index contributed by atoms with van der Waals surface area (Å²) < 4.78 is 40.0. The van der Waals surface area contributed by atoms with Gasteiger partial charge in [-0.05, 0) is 56.0 Å². The highest BCUT2D eigenvalue weighted by atomic mass is 19.1. The van der Waals surface area contributed by atoms with E-state index in [1.165, 1.54) is 25.0 Å². The molecule has 4 fully saturated rings. The zero-order valence-electron chi connectivity index (χ0n) is 13.2. The third kappa shape index (κ3) is 2.68. The van der Waals surface area contributed by atoms with Crippen molar-refractivity contribution < 1.29 is 13.2 Å². The molecule has 0 saturated carbocycles. The molecular weight excluding hydrogens is 301 g/mol. The molecule has 1 aromatic rings. The van der Waals surface area contributed by atoms with Gasteiger partial charge in [-0.2, -0.15) is 0 Å². The van der Waals surface area contributed by atoms with E-state index < -0.39 is 11.6 Å². The Bertz CT molecular complexity index is 551. The van der Waals surface area contributed by atoms with Crippen LogP contribution in [0, 0.1) is 17.6 Å². The number of rotatable bonds is 4. The summed E-state index contributed by atoms with van der Waals surface area (Å²) in [6, 6.07) is 4.63. The predicted octanol–water partition coefficient (Wildman–Crippen LogP) is 3.19. The van der Waals surface area contributed by atoms with Crippen molar-refractivity contribution in [2.24, 2.45) is 5.92 Å². The molecule has 0 amide bonds. The molecule has 0 radical (unpaired) electrons. The third-order valence-corrected chi connectivity index (χ3v) is 5.99. The Kier molecular flexibility index (Phi) is 4.10. The van der Waals surface area contributed by atoms with E-state index in [9.17, 15) is 13.2 Å². The second kappa shape index (κ2) is 6.10. The van der Waals surface area contributed by atoms with E-state index in [2.05, 4.69) is 9.80 Å². The fraction of sp³-hybridized carbons (Fsp3) is 0.667. The summed E-state index contributed by atoms with van der Waals surface area (Å²) in [5.41, 5.74) is 0.757. The monoisotopic (exact) mass is 324 g/mol. The first-order valence-corrected chi connectivity index (χ1v) is 8.67. The molecular formula is C18H23F3N2. The highest BCUT2D eigenvalue weighted by Crippen LogP contribution is 2.46. The summed E-state index contributed by atoms with van der Waals surface area (Å²) in [4.78, 5) is 4.88. The van der Waals surface area contributed by atoms with Crippen molar-refractivity contribution in [3.63, 3.8) is 0 Å².